The predicted octanol–water partition coefficient (Wildman–Crippen LogP) is 3.34. The predicted molar refractivity (Wildman–Crippen MR) is 79.0 cm³/mol. The number of pyridine rings is 1. The zero-order valence-corrected chi connectivity index (χ0v) is 13.0. The average molecular weight is 315 g/mol. The lowest BCUT2D eigenvalue weighted by Crippen LogP contribution is -2.48. The molecule has 0 spiro atoms. The van der Waals surface area contributed by atoms with Gasteiger partial charge in [0.15, 0.2) is 0 Å². The monoisotopic (exact) mass is 314 g/mol. The van der Waals surface area contributed by atoms with E-state index in [0.717, 1.165) is 37.9 Å². The molecule has 2 heterocycles. The maximum absolute atomic E-state index is 13.2. The van der Waals surface area contributed by atoms with Crippen LogP contribution in [0.25, 0.3) is 0 Å². The molecular weight excluding hydrogens is 295 g/mol. The van der Waals surface area contributed by atoms with E-state index in [0.29, 0.717) is 6.61 Å². The molecule has 1 aliphatic heterocycles. The van der Waals surface area contributed by atoms with Crippen LogP contribution in [0.4, 0.5) is 4.39 Å². The minimum atomic E-state index is -0.576. The molecule has 2 rings (SSSR count). The van der Waals surface area contributed by atoms with Crippen LogP contribution < -0.4 is 5.32 Å². The molecule has 0 aliphatic carbocycles. The lowest BCUT2D eigenvalue weighted by Gasteiger charge is -2.40. The highest BCUT2D eigenvalue weighted by Gasteiger charge is 2.35. The summed E-state index contributed by atoms with van der Waals surface area (Å²) in [6.45, 7) is 4.78. The van der Waals surface area contributed by atoms with E-state index in [1.165, 1.54) is 0 Å². The van der Waals surface area contributed by atoms with Crippen LogP contribution in [-0.2, 0) is 4.74 Å². The van der Waals surface area contributed by atoms with Crippen molar-refractivity contribution in [3.05, 3.63) is 28.8 Å². The van der Waals surface area contributed by atoms with E-state index in [1.54, 1.807) is 0 Å². The zero-order chi connectivity index (χ0) is 15.5. The summed E-state index contributed by atoms with van der Waals surface area (Å²) in [4.78, 5) is 15.9. The molecule has 0 bridgehead atoms. The van der Waals surface area contributed by atoms with Crippen molar-refractivity contribution in [2.24, 2.45) is 0 Å². The van der Waals surface area contributed by atoms with Crippen molar-refractivity contribution >= 4 is 17.5 Å². The molecule has 1 saturated heterocycles. The summed E-state index contributed by atoms with van der Waals surface area (Å²) < 4.78 is 19.1. The van der Waals surface area contributed by atoms with Gasteiger partial charge >= 0.3 is 0 Å². The maximum Gasteiger partial charge on any atom is 0.254 e. The van der Waals surface area contributed by atoms with E-state index >= 15 is 0 Å². The van der Waals surface area contributed by atoms with E-state index in [4.69, 9.17) is 16.3 Å². The van der Waals surface area contributed by atoms with Crippen LogP contribution in [0.5, 0.6) is 0 Å². The second-order valence-corrected chi connectivity index (χ2v) is 5.75. The highest BCUT2D eigenvalue weighted by molar-refractivity contribution is 6.32. The standard InChI is InChI=1S/C15H20ClFN2O2/c1-3-15(4-2)8-11(5-6-21-15)19-14(20)12-7-10(17)9-18-13(12)16/h7,9,11H,3-6,8H2,1-2H3,(H,19,20). The summed E-state index contributed by atoms with van der Waals surface area (Å²) in [5.41, 5.74) is -0.109. The normalized spacial score (nSPS) is 21.0. The Kier molecular flexibility index (Phi) is 5.17. The van der Waals surface area contributed by atoms with Gasteiger partial charge in [-0.25, -0.2) is 9.37 Å². The smallest absolute Gasteiger partial charge is 0.254 e. The fraction of sp³-hybridized carbons (Fsp3) is 0.600. The summed E-state index contributed by atoms with van der Waals surface area (Å²) in [5.74, 6) is -0.965. The molecule has 0 saturated carbocycles. The van der Waals surface area contributed by atoms with E-state index in [1.807, 2.05) is 0 Å². The largest absolute Gasteiger partial charge is 0.375 e. The third-order valence-corrected chi connectivity index (χ3v) is 4.47. The van der Waals surface area contributed by atoms with Crippen LogP contribution >= 0.6 is 11.6 Å². The third-order valence-electron chi connectivity index (χ3n) is 4.17. The van der Waals surface area contributed by atoms with Crippen LogP contribution in [0.2, 0.25) is 5.15 Å². The first-order chi connectivity index (χ1) is 9.99. The Bertz CT molecular complexity index is 520. The van der Waals surface area contributed by atoms with Crippen molar-refractivity contribution < 1.29 is 13.9 Å². The van der Waals surface area contributed by atoms with E-state index in [2.05, 4.69) is 24.1 Å². The van der Waals surface area contributed by atoms with Crippen molar-refractivity contribution in [1.82, 2.24) is 10.3 Å². The molecule has 1 fully saturated rings. The van der Waals surface area contributed by atoms with Gasteiger partial charge in [0.05, 0.1) is 17.4 Å². The molecule has 116 valence electrons. The Morgan fingerprint density at radius 2 is 2.29 bits per heavy atom. The van der Waals surface area contributed by atoms with Gasteiger partial charge in [0.1, 0.15) is 11.0 Å². The highest BCUT2D eigenvalue weighted by Crippen LogP contribution is 2.31. The molecule has 1 atom stereocenters. The molecule has 6 heteroatoms. The van der Waals surface area contributed by atoms with Crippen LogP contribution in [0.15, 0.2) is 12.3 Å². The van der Waals surface area contributed by atoms with E-state index < -0.39 is 5.82 Å². The quantitative estimate of drug-likeness (QED) is 0.867. The molecule has 1 N–H and O–H groups in total. The number of rotatable bonds is 4. The molecule has 1 aliphatic rings. The van der Waals surface area contributed by atoms with E-state index in [-0.39, 0.29) is 28.3 Å². The van der Waals surface area contributed by atoms with Crippen molar-refractivity contribution in [1.29, 1.82) is 0 Å². The molecule has 21 heavy (non-hydrogen) atoms. The molecule has 1 amide bonds. The summed E-state index contributed by atoms with van der Waals surface area (Å²) in [6, 6.07) is 1.11. The Morgan fingerprint density at radius 3 is 2.95 bits per heavy atom. The van der Waals surface area contributed by atoms with E-state index in [9.17, 15) is 9.18 Å². The molecule has 1 aromatic rings. The molecule has 4 nitrogen and oxygen atoms in total. The van der Waals surface area contributed by atoms with Gasteiger partial charge in [0, 0.05) is 12.6 Å². The molecule has 1 aromatic heterocycles. The maximum atomic E-state index is 13.2. The Labute approximate surface area is 129 Å². The minimum absolute atomic E-state index is 0.00508. The molecule has 0 aromatic carbocycles. The Hall–Kier alpha value is -1.20. The second kappa shape index (κ2) is 6.71. The number of aromatic nitrogens is 1. The second-order valence-electron chi connectivity index (χ2n) is 5.39. The number of hydrogen-bond donors (Lipinski definition) is 1. The van der Waals surface area contributed by atoms with Gasteiger partial charge in [-0.1, -0.05) is 25.4 Å². The minimum Gasteiger partial charge on any atom is -0.375 e. The van der Waals surface area contributed by atoms with Crippen LogP contribution in [0.3, 0.4) is 0 Å². The first-order valence-corrected chi connectivity index (χ1v) is 7.63. The number of nitrogens with one attached hydrogen (secondary N) is 1. The zero-order valence-electron chi connectivity index (χ0n) is 12.3. The average Bonchev–Trinajstić information content (AvgIpc) is 2.49. The highest BCUT2D eigenvalue weighted by atomic mass is 35.5. The van der Waals surface area contributed by atoms with Crippen LogP contribution in [0.1, 0.15) is 49.9 Å². The fourth-order valence-electron chi connectivity index (χ4n) is 2.74. The number of hydrogen-bond acceptors (Lipinski definition) is 3. The van der Waals surface area contributed by atoms with Crippen LogP contribution in [-0.4, -0.2) is 29.1 Å². The Balaban J connectivity index is 2.07. The van der Waals surface area contributed by atoms with Crippen molar-refractivity contribution in [2.75, 3.05) is 6.61 Å². The summed E-state index contributed by atoms with van der Waals surface area (Å²) in [5, 5.41) is 2.93. The van der Waals surface area contributed by atoms with Gasteiger partial charge in [-0.15, -0.1) is 0 Å². The van der Waals surface area contributed by atoms with Gasteiger partial charge in [0.25, 0.3) is 5.91 Å². The summed E-state index contributed by atoms with van der Waals surface area (Å²) >= 11 is 5.86. The van der Waals surface area contributed by atoms with Gasteiger partial charge in [-0.2, -0.15) is 0 Å². The number of halogens is 2. The van der Waals surface area contributed by atoms with Crippen molar-refractivity contribution in [3.63, 3.8) is 0 Å². The van der Waals surface area contributed by atoms with Gasteiger partial charge in [-0.05, 0) is 31.7 Å². The lowest BCUT2D eigenvalue weighted by atomic mass is 9.86. The molecule has 1 unspecified atom stereocenters. The van der Waals surface area contributed by atoms with Crippen LogP contribution in [0, 0.1) is 5.82 Å². The SMILES string of the molecule is CCC1(CC)CC(NC(=O)c2cc(F)cnc2Cl)CCO1. The number of carbonyl (C=O) groups excluding carboxylic acids is 1. The number of amides is 1. The topological polar surface area (TPSA) is 51.2 Å². The first-order valence-electron chi connectivity index (χ1n) is 7.25. The first kappa shape index (κ1) is 16.2. The van der Waals surface area contributed by atoms with Crippen molar-refractivity contribution in [3.8, 4) is 0 Å². The van der Waals surface area contributed by atoms with Gasteiger partial charge in [0.2, 0.25) is 0 Å². The molecular formula is C15H20ClFN2O2. The lowest BCUT2D eigenvalue weighted by molar-refractivity contribution is -0.0917. The summed E-state index contributed by atoms with van der Waals surface area (Å²) in [6.07, 6.45) is 4.29. The summed E-state index contributed by atoms with van der Waals surface area (Å²) in [7, 11) is 0. The number of nitrogens with zero attached hydrogens (tertiary/aromatic N) is 1. The van der Waals surface area contributed by atoms with Gasteiger partial charge in [-0.3, -0.25) is 4.79 Å². The number of carbonyl (C=O) groups is 1. The van der Waals surface area contributed by atoms with Crippen molar-refractivity contribution in [2.45, 2.75) is 51.2 Å². The fourth-order valence-corrected chi connectivity index (χ4v) is 2.93. The van der Waals surface area contributed by atoms with Gasteiger partial charge < -0.3 is 10.1 Å². The Morgan fingerprint density at radius 1 is 1.57 bits per heavy atom. The third kappa shape index (κ3) is 3.71. The molecule has 0 radical (unpaired) electrons. The number of ether oxygens (including phenoxy) is 1.